The van der Waals surface area contributed by atoms with Crippen molar-refractivity contribution in [1.82, 2.24) is 9.78 Å². The van der Waals surface area contributed by atoms with Gasteiger partial charge in [-0.15, -0.1) is 0 Å². The van der Waals surface area contributed by atoms with E-state index < -0.39 is 0 Å². The summed E-state index contributed by atoms with van der Waals surface area (Å²) in [5, 5.41) is 5.59. The van der Waals surface area contributed by atoms with Crippen LogP contribution in [0.25, 0.3) is 0 Å². The minimum Gasteiger partial charge on any atom is -1.00 e. The lowest BCUT2D eigenvalue weighted by molar-refractivity contribution is -0.710. The number of rotatable bonds is 4. The molecule has 0 spiro atoms. The molecule has 1 aromatic heterocycles. The van der Waals surface area contributed by atoms with Crippen molar-refractivity contribution in [3.8, 4) is 0 Å². The average molecular weight is 409 g/mol. The monoisotopic (exact) mass is 409 g/mol. The van der Waals surface area contributed by atoms with Crippen molar-refractivity contribution in [3.05, 3.63) is 72.6 Å². The zero-order valence-electron chi connectivity index (χ0n) is 11.7. The fraction of sp³-hybridized carbons (Fsp3) is 0.125. The van der Waals surface area contributed by atoms with Gasteiger partial charge in [-0.2, -0.15) is 0 Å². The Bertz CT molecular complexity index is 683. The van der Waals surface area contributed by atoms with Gasteiger partial charge >= 0.3 is 5.16 Å². The molecule has 0 fully saturated rings. The van der Waals surface area contributed by atoms with Crippen molar-refractivity contribution in [2.75, 3.05) is 0 Å². The van der Waals surface area contributed by atoms with Gasteiger partial charge in [0.2, 0.25) is 0 Å². The Morgan fingerprint density at radius 3 is 2.29 bits per heavy atom. The topological polar surface area (TPSA) is 21.7 Å². The Morgan fingerprint density at radius 1 is 1.00 bits per heavy atom. The second kappa shape index (κ2) is 7.61. The zero-order chi connectivity index (χ0) is 13.8. The molecule has 0 amide bonds. The third-order valence-electron chi connectivity index (χ3n) is 3.01. The summed E-state index contributed by atoms with van der Waals surface area (Å²) in [5.41, 5.74) is 1.26. The molecule has 0 aliphatic rings. The van der Waals surface area contributed by atoms with Crippen LogP contribution in [0.1, 0.15) is 5.56 Å². The summed E-state index contributed by atoms with van der Waals surface area (Å²) in [6.45, 7) is 0.789. The summed E-state index contributed by atoms with van der Waals surface area (Å²) in [6.07, 6.45) is 1.86. The molecule has 0 radical (unpaired) electrons. The molecule has 0 saturated heterocycles. The SMILES string of the molecule is C[n+]1cnn(Cc2ccccc2)c1Sc1ccccc1.[I-]. The van der Waals surface area contributed by atoms with Crippen molar-refractivity contribution in [3.63, 3.8) is 0 Å². The van der Waals surface area contributed by atoms with Crippen LogP contribution in [0.5, 0.6) is 0 Å². The highest BCUT2D eigenvalue weighted by atomic mass is 127. The van der Waals surface area contributed by atoms with Gasteiger partial charge in [0.05, 0.1) is 7.05 Å². The predicted octanol–water partition coefficient (Wildman–Crippen LogP) is -0.0889. The van der Waals surface area contributed by atoms with Crippen LogP contribution in [0, 0.1) is 0 Å². The van der Waals surface area contributed by atoms with Crippen LogP contribution in [-0.2, 0) is 13.6 Å². The van der Waals surface area contributed by atoms with Crippen LogP contribution < -0.4 is 28.5 Å². The molecule has 108 valence electrons. The Kier molecular flexibility index (Phi) is 5.81. The van der Waals surface area contributed by atoms with Gasteiger partial charge in [0, 0.05) is 9.99 Å². The number of hydrogen-bond donors (Lipinski definition) is 0. The molecular weight excluding hydrogens is 393 g/mol. The normalized spacial score (nSPS) is 10.1. The summed E-state index contributed by atoms with van der Waals surface area (Å²) in [6, 6.07) is 20.8. The van der Waals surface area contributed by atoms with Crippen molar-refractivity contribution < 1.29 is 28.5 Å². The standard InChI is InChI=1S/C16H16N3S.HI/c1-18-13-17-19(12-14-8-4-2-5-9-14)16(18)20-15-10-6-3-7-11-15;/h2-11,13H,12H2,1H3;1H/q+1;/p-1. The Morgan fingerprint density at radius 2 is 1.62 bits per heavy atom. The number of benzene rings is 2. The second-order valence-electron chi connectivity index (χ2n) is 4.58. The fourth-order valence-electron chi connectivity index (χ4n) is 2.00. The highest BCUT2D eigenvalue weighted by Crippen LogP contribution is 2.24. The largest absolute Gasteiger partial charge is 1.00 e. The third-order valence-corrected chi connectivity index (χ3v) is 4.20. The molecule has 5 heteroatoms. The first-order chi connectivity index (χ1) is 9.83. The molecule has 0 bridgehead atoms. The van der Waals surface area contributed by atoms with E-state index in [0.29, 0.717) is 0 Å². The minimum absolute atomic E-state index is 0. The zero-order valence-corrected chi connectivity index (χ0v) is 14.7. The summed E-state index contributed by atoms with van der Waals surface area (Å²) in [5.74, 6) is 0. The Labute approximate surface area is 146 Å². The first-order valence-corrected chi connectivity index (χ1v) is 7.33. The van der Waals surface area contributed by atoms with Gasteiger partial charge in [0.25, 0.3) is 6.33 Å². The van der Waals surface area contributed by atoms with Crippen molar-refractivity contribution in [2.45, 2.75) is 16.6 Å². The van der Waals surface area contributed by atoms with Gasteiger partial charge in [0.1, 0.15) is 6.54 Å². The molecular formula is C16H16IN3S. The number of aromatic nitrogens is 3. The smallest absolute Gasteiger partial charge is 0.301 e. The molecule has 0 aliphatic carbocycles. The van der Waals surface area contributed by atoms with E-state index in [4.69, 9.17) is 0 Å². The van der Waals surface area contributed by atoms with Crippen molar-refractivity contribution >= 4 is 11.8 Å². The second-order valence-corrected chi connectivity index (χ2v) is 5.62. The first kappa shape index (κ1) is 16.0. The van der Waals surface area contributed by atoms with Gasteiger partial charge < -0.3 is 24.0 Å². The van der Waals surface area contributed by atoms with Crippen LogP contribution in [-0.4, -0.2) is 9.78 Å². The van der Waals surface area contributed by atoms with Crippen LogP contribution >= 0.6 is 11.8 Å². The lowest BCUT2D eigenvalue weighted by Gasteiger charge is -2.01. The van der Waals surface area contributed by atoms with E-state index in [9.17, 15) is 0 Å². The van der Waals surface area contributed by atoms with Crippen LogP contribution in [0.15, 0.2) is 77.0 Å². The van der Waals surface area contributed by atoms with Crippen LogP contribution in [0.4, 0.5) is 0 Å². The lowest BCUT2D eigenvalue weighted by Crippen LogP contribution is -3.00. The van der Waals surface area contributed by atoms with E-state index in [-0.39, 0.29) is 24.0 Å². The van der Waals surface area contributed by atoms with E-state index in [1.54, 1.807) is 11.8 Å². The van der Waals surface area contributed by atoms with Gasteiger partial charge in [0.15, 0.2) is 0 Å². The molecule has 2 aromatic carbocycles. The number of aryl methyl sites for hydroxylation is 1. The predicted molar refractivity (Wildman–Crippen MR) is 79.5 cm³/mol. The average Bonchev–Trinajstić information content (AvgIpc) is 2.83. The van der Waals surface area contributed by atoms with E-state index in [2.05, 4.69) is 58.2 Å². The Hall–Kier alpha value is -1.34. The van der Waals surface area contributed by atoms with E-state index >= 15 is 0 Å². The minimum atomic E-state index is 0. The Balaban J connectivity index is 0.00000161. The maximum atomic E-state index is 4.47. The molecule has 1 heterocycles. The maximum Gasteiger partial charge on any atom is 0.301 e. The fourth-order valence-corrected chi connectivity index (χ4v) is 2.92. The maximum absolute atomic E-state index is 4.47. The van der Waals surface area contributed by atoms with E-state index in [1.807, 2.05) is 30.2 Å². The highest BCUT2D eigenvalue weighted by Gasteiger charge is 2.17. The van der Waals surface area contributed by atoms with E-state index in [1.165, 1.54) is 10.5 Å². The highest BCUT2D eigenvalue weighted by molar-refractivity contribution is 7.99. The molecule has 0 aliphatic heterocycles. The van der Waals surface area contributed by atoms with Crippen LogP contribution in [0.2, 0.25) is 0 Å². The van der Waals surface area contributed by atoms with Gasteiger partial charge in [-0.05, 0) is 29.5 Å². The van der Waals surface area contributed by atoms with Crippen molar-refractivity contribution in [2.24, 2.45) is 7.05 Å². The number of halogens is 1. The summed E-state index contributed by atoms with van der Waals surface area (Å²) < 4.78 is 4.09. The van der Waals surface area contributed by atoms with Gasteiger partial charge in [-0.3, -0.25) is 0 Å². The number of hydrogen-bond acceptors (Lipinski definition) is 2. The molecule has 21 heavy (non-hydrogen) atoms. The number of nitrogens with zero attached hydrogens (tertiary/aromatic N) is 3. The van der Waals surface area contributed by atoms with Crippen molar-refractivity contribution in [1.29, 1.82) is 0 Å². The van der Waals surface area contributed by atoms with Gasteiger partial charge in [-0.1, -0.05) is 53.2 Å². The molecule has 0 saturated carbocycles. The summed E-state index contributed by atoms with van der Waals surface area (Å²) in [4.78, 5) is 1.22. The summed E-state index contributed by atoms with van der Waals surface area (Å²) >= 11 is 1.73. The van der Waals surface area contributed by atoms with E-state index in [0.717, 1.165) is 11.7 Å². The quantitative estimate of drug-likeness (QED) is 0.444. The first-order valence-electron chi connectivity index (χ1n) is 6.51. The molecule has 3 rings (SSSR count). The summed E-state index contributed by atoms with van der Waals surface area (Å²) in [7, 11) is 2.03. The molecule has 3 nitrogen and oxygen atoms in total. The lowest BCUT2D eigenvalue weighted by atomic mass is 10.2. The molecule has 0 atom stereocenters. The third kappa shape index (κ3) is 4.07. The van der Waals surface area contributed by atoms with Gasteiger partial charge in [-0.25, -0.2) is 4.57 Å². The molecule has 0 N–H and O–H groups in total. The molecule has 0 unspecified atom stereocenters. The molecule has 3 aromatic rings. The van der Waals surface area contributed by atoms with Crippen LogP contribution in [0.3, 0.4) is 0 Å².